The lowest BCUT2D eigenvalue weighted by atomic mass is 9.81. The molecule has 0 aromatic carbocycles. The van der Waals surface area contributed by atoms with Gasteiger partial charge in [-0.3, -0.25) is 9.59 Å². The summed E-state index contributed by atoms with van der Waals surface area (Å²) in [6.07, 6.45) is 5.35. The van der Waals surface area contributed by atoms with E-state index in [0.717, 1.165) is 25.7 Å². The second-order valence-corrected chi connectivity index (χ2v) is 3.84. The molecule has 1 rings (SSSR count). The van der Waals surface area contributed by atoms with Crippen molar-refractivity contribution in [1.82, 2.24) is 0 Å². The number of rotatable bonds is 4. The average Bonchev–Trinajstić information content (AvgIpc) is 2.04. The van der Waals surface area contributed by atoms with Gasteiger partial charge in [0.2, 0.25) is 0 Å². The monoisotopic (exact) mass is 184 g/mol. The molecule has 3 heteroatoms. The third kappa shape index (κ3) is 2.83. The highest BCUT2D eigenvalue weighted by molar-refractivity contribution is 5.76. The van der Waals surface area contributed by atoms with Gasteiger partial charge >= 0.3 is 0 Å². The quantitative estimate of drug-likeness (QED) is 0.626. The Morgan fingerprint density at radius 2 is 2.00 bits per heavy atom. The molecule has 0 N–H and O–H groups in total. The van der Waals surface area contributed by atoms with Crippen LogP contribution in [0.25, 0.3) is 0 Å². The molecule has 0 aromatic heterocycles. The van der Waals surface area contributed by atoms with E-state index in [1.807, 2.05) is 0 Å². The fourth-order valence-electron chi connectivity index (χ4n) is 2.09. The Labute approximate surface area is 78.5 Å². The third-order valence-corrected chi connectivity index (χ3v) is 2.63. The highest BCUT2D eigenvalue weighted by Crippen LogP contribution is 2.34. The Morgan fingerprint density at radius 3 is 2.46 bits per heavy atom. The van der Waals surface area contributed by atoms with Crippen LogP contribution in [0.5, 0.6) is 0 Å². The first kappa shape index (κ1) is 10.2. The predicted octanol–water partition coefficient (Wildman–Crippen LogP) is 1.84. The van der Waals surface area contributed by atoms with Gasteiger partial charge in [0.25, 0.3) is 6.47 Å². The highest BCUT2D eigenvalue weighted by atomic mass is 16.5. The van der Waals surface area contributed by atoms with Crippen molar-refractivity contribution in [2.45, 2.75) is 51.0 Å². The number of hydrogen-bond donors (Lipinski definition) is 0. The normalized spacial score (nSPS) is 20.7. The molecule has 0 atom stereocenters. The topological polar surface area (TPSA) is 43.4 Å². The fourth-order valence-corrected chi connectivity index (χ4v) is 2.09. The van der Waals surface area contributed by atoms with Crippen molar-refractivity contribution >= 4 is 12.3 Å². The standard InChI is InChI=1S/C10H16O3/c1-9(12)7-10(13-8-11)5-3-2-4-6-10/h8H,2-7H2,1H3. The number of hydrogen-bond acceptors (Lipinski definition) is 3. The van der Waals surface area contributed by atoms with Crippen molar-refractivity contribution < 1.29 is 14.3 Å². The van der Waals surface area contributed by atoms with Crippen LogP contribution in [-0.4, -0.2) is 17.9 Å². The van der Waals surface area contributed by atoms with Gasteiger partial charge in [-0.2, -0.15) is 0 Å². The Kier molecular flexibility index (Phi) is 3.46. The summed E-state index contributed by atoms with van der Waals surface area (Å²) in [4.78, 5) is 21.3. The van der Waals surface area contributed by atoms with Crippen molar-refractivity contribution in [3.05, 3.63) is 0 Å². The maximum atomic E-state index is 11.0. The lowest BCUT2D eigenvalue weighted by molar-refractivity contribution is -0.150. The van der Waals surface area contributed by atoms with Crippen LogP contribution in [0.15, 0.2) is 0 Å². The van der Waals surface area contributed by atoms with Crippen molar-refractivity contribution in [3.8, 4) is 0 Å². The molecule has 13 heavy (non-hydrogen) atoms. The summed E-state index contributed by atoms with van der Waals surface area (Å²) in [5.74, 6) is 0.101. The summed E-state index contributed by atoms with van der Waals surface area (Å²) in [6.45, 7) is 2.03. The number of Topliss-reactive ketones (excluding diaryl/α,β-unsaturated/α-hetero) is 1. The molecule has 0 spiro atoms. The molecule has 0 heterocycles. The van der Waals surface area contributed by atoms with Crippen molar-refractivity contribution in [2.24, 2.45) is 0 Å². The Morgan fingerprint density at radius 1 is 1.38 bits per heavy atom. The number of carbonyl (C=O) groups excluding carboxylic acids is 2. The molecule has 0 radical (unpaired) electrons. The van der Waals surface area contributed by atoms with Gasteiger partial charge in [-0.1, -0.05) is 6.42 Å². The Hall–Kier alpha value is -0.860. The zero-order valence-electron chi connectivity index (χ0n) is 8.04. The van der Waals surface area contributed by atoms with Gasteiger partial charge in [0.1, 0.15) is 11.4 Å². The van der Waals surface area contributed by atoms with E-state index in [1.165, 1.54) is 6.42 Å². The van der Waals surface area contributed by atoms with E-state index in [9.17, 15) is 9.59 Å². The first-order valence-corrected chi connectivity index (χ1v) is 4.79. The van der Waals surface area contributed by atoms with Crippen molar-refractivity contribution in [2.75, 3.05) is 0 Å². The van der Waals surface area contributed by atoms with Crippen molar-refractivity contribution in [3.63, 3.8) is 0 Å². The third-order valence-electron chi connectivity index (χ3n) is 2.63. The minimum atomic E-state index is -0.466. The van der Waals surface area contributed by atoms with E-state index >= 15 is 0 Å². The first-order chi connectivity index (χ1) is 6.18. The van der Waals surface area contributed by atoms with Gasteiger partial charge in [0.05, 0.1) is 0 Å². The molecule has 0 saturated heterocycles. The van der Waals surface area contributed by atoms with E-state index in [1.54, 1.807) is 6.92 Å². The molecule has 1 fully saturated rings. The van der Waals surface area contributed by atoms with Crippen LogP contribution in [0.2, 0.25) is 0 Å². The van der Waals surface area contributed by atoms with Gasteiger partial charge in [0.15, 0.2) is 0 Å². The van der Waals surface area contributed by atoms with Crippen LogP contribution in [0.4, 0.5) is 0 Å². The summed E-state index contributed by atoms with van der Waals surface area (Å²) in [5.41, 5.74) is -0.466. The van der Waals surface area contributed by atoms with Crippen LogP contribution in [-0.2, 0) is 14.3 Å². The smallest absolute Gasteiger partial charge is 0.293 e. The van der Waals surface area contributed by atoms with E-state index in [0.29, 0.717) is 12.9 Å². The van der Waals surface area contributed by atoms with Gasteiger partial charge < -0.3 is 4.74 Å². The van der Waals surface area contributed by atoms with Gasteiger partial charge in [-0.15, -0.1) is 0 Å². The van der Waals surface area contributed by atoms with Crippen LogP contribution >= 0.6 is 0 Å². The summed E-state index contributed by atoms with van der Waals surface area (Å²) >= 11 is 0. The summed E-state index contributed by atoms with van der Waals surface area (Å²) in [6, 6.07) is 0. The van der Waals surface area contributed by atoms with E-state index < -0.39 is 5.60 Å². The maximum absolute atomic E-state index is 11.0. The molecule has 0 unspecified atom stereocenters. The van der Waals surface area contributed by atoms with E-state index in [2.05, 4.69) is 0 Å². The summed E-state index contributed by atoms with van der Waals surface area (Å²) < 4.78 is 5.08. The second-order valence-electron chi connectivity index (χ2n) is 3.84. The SMILES string of the molecule is CC(=O)CC1(OC=O)CCCCC1. The van der Waals surface area contributed by atoms with Gasteiger partial charge in [0, 0.05) is 6.42 Å². The van der Waals surface area contributed by atoms with Crippen molar-refractivity contribution in [1.29, 1.82) is 0 Å². The number of carbonyl (C=O) groups is 2. The predicted molar refractivity (Wildman–Crippen MR) is 48.3 cm³/mol. The molecule has 0 bridgehead atoms. The molecular formula is C10H16O3. The molecular weight excluding hydrogens is 168 g/mol. The summed E-state index contributed by atoms with van der Waals surface area (Å²) in [5, 5.41) is 0. The molecule has 74 valence electrons. The van der Waals surface area contributed by atoms with Crippen LogP contribution < -0.4 is 0 Å². The molecule has 0 aromatic rings. The highest BCUT2D eigenvalue weighted by Gasteiger charge is 2.34. The molecule has 0 amide bonds. The van der Waals surface area contributed by atoms with Gasteiger partial charge in [-0.05, 0) is 32.6 Å². The zero-order valence-corrected chi connectivity index (χ0v) is 8.04. The lowest BCUT2D eigenvalue weighted by Crippen LogP contribution is -2.36. The molecule has 0 aliphatic heterocycles. The van der Waals surface area contributed by atoms with E-state index in [4.69, 9.17) is 4.74 Å². The zero-order chi connectivity index (χ0) is 9.73. The Balaban J connectivity index is 2.60. The number of ketones is 1. The second kappa shape index (κ2) is 4.40. The molecule has 3 nitrogen and oxygen atoms in total. The summed E-state index contributed by atoms with van der Waals surface area (Å²) in [7, 11) is 0. The maximum Gasteiger partial charge on any atom is 0.293 e. The molecule has 1 aliphatic rings. The van der Waals surface area contributed by atoms with Gasteiger partial charge in [-0.25, -0.2) is 0 Å². The van der Waals surface area contributed by atoms with Crippen LogP contribution in [0, 0.1) is 0 Å². The minimum absolute atomic E-state index is 0.101. The largest absolute Gasteiger partial charge is 0.461 e. The van der Waals surface area contributed by atoms with E-state index in [-0.39, 0.29) is 5.78 Å². The molecule has 1 saturated carbocycles. The average molecular weight is 184 g/mol. The molecule has 1 aliphatic carbocycles. The Bertz CT molecular complexity index is 192. The lowest BCUT2D eigenvalue weighted by Gasteiger charge is -2.34. The van der Waals surface area contributed by atoms with Crippen LogP contribution in [0.3, 0.4) is 0 Å². The fraction of sp³-hybridized carbons (Fsp3) is 0.800. The van der Waals surface area contributed by atoms with Crippen LogP contribution in [0.1, 0.15) is 45.4 Å². The first-order valence-electron chi connectivity index (χ1n) is 4.79. The minimum Gasteiger partial charge on any atom is -0.461 e. The number of ether oxygens (including phenoxy) is 1.